The van der Waals surface area contributed by atoms with Crippen LogP contribution in [0.25, 0.3) is 5.69 Å². The van der Waals surface area contributed by atoms with Gasteiger partial charge in [0.05, 0.1) is 24.5 Å². The number of rotatable bonds is 7. The summed E-state index contributed by atoms with van der Waals surface area (Å²) in [7, 11) is 0. The van der Waals surface area contributed by atoms with Gasteiger partial charge in [-0.3, -0.25) is 15.1 Å². The van der Waals surface area contributed by atoms with Gasteiger partial charge in [-0.15, -0.1) is 0 Å². The molecule has 2 atom stereocenters. The molecule has 4 rings (SSSR count). The fourth-order valence-electron chi connectivity index (χ4n) is 4.62. The average molecular weight is 577 g/mol. The maximum atomic E-state index is 13.2. The number of hydrogen-bond donors (Lipinski definition) is 4. The quantitative estimate of drug-likeness (QED) is 0.250. The van der Waals surface area contributed by atoms with Crippen molar-refractivity contribution in [1.82, 2.24) is 20.0 Å². The fraction of sp³-hybridized carbons (Fsp3) is 0.333. The summed E-state index contributed by atoms with van der Waals surface area (Å²) in [6, 6.07) is 12.2. The first kappa shape index (κ1) is 29.1. The number of halogens is 4. The first-order valence-corrected chi connectivity index (χ1v) is 12.8. The predicted octanol–water partition coefficient (Wildman–Crippen LogP) is 3.88. The topological polar surface area (TPSA) is 137 Å². The van der Waals surface area contributed by atoms with Gasteiger partial charge in [-0.05, 0) is 67.3 Å². The molecule has 0 radical (unpaired) electrons. The zero-order valence-corrected chi connectivity index (χ0v) is 22.3. The molecule has 0 bridgehead atoms. The van der Waals surface area contributed by atoms with Crippen molar-refractivity contribution in [3.8, 4) is 5.69 Å². The minimum absolute atomic E-state index is 0.132. The highest BCUT2D eigenvalue weighted by Crippen LogP contribution is 2.30. The van der Waals surface area contributed by atoms with Crippen molar-refractivity contribution in [2.24, 2.45) is 11.7 Å². The minimum Gasteiger partial charge on any atom is -0.382 e. The van der Waals surface area contributed by atoms with Crippen LogP contribution in [0.5, 0.6) is 0 Å². The van der Waals surface area contributed by atoms with Gasteiger partial charge in [0.25, 0.3) is 0 Å². The molecule has 40 heavy (non-hydrogen) atoms. The number of urea groups is 1. The second-order valence-electron chi connectivity index (χ2n) is 9.65. The molecule has 1 aliphatic carbocycles. The summed E-state index contributed by atoms with van der Waals surface area (Å²) in [6.45, 7) is 0.576. The summed E-state index contributed by atoms with van der Waals surface area (Å²) in [5.74, 6) is -1.35. The number of carbonyl (C=O) groups is 2. The number of nitrogens with two attached hydrogens (primary N) is 1. The van der Waals surface area contributed by atoms with E-state index in [4.69, 9.17) is 22.7 Å². The van der Waals surface area contributed by atoms with Crippen LogP contribution >= 0.6 is 11.6 Å². The van der Waals surface area contributed by atoms with Crippen LogP contribution in [-0.4, -0.2) is 56.4 Å². The maximum absolute atomic E-state index is 13.2. The molecule has 0 aliphatic heterocycles. The van der Waals surface area contributed by atoms with E-state index in [2.05, 4.69) is 10.4 Å². The zero-order chi connectivity index (χ0) is 29.2. The Morgan fingerprint density at radius 2 is 1.98 bits per heavy atom. The van der Waals surface area contributed by atoms with Crippen molar-refractivity contribution < 1.29 is 27.9 Å². The van der Waals surface area contributed by atoms with Crippen LogP contribution in [-0.2, 0) is 24.2 Å². The Morgan fingerprint density at radius 3 is 2.60 bits per heavy atom. The molecule has 1 aliphatic rings. The number of fused-ring (bicyclic) bond motifs is 1. The number of benzene rings is 2. The van der Waals surface area contributed by atoms with Gasteiger partial charge >= 0.3 is 12.2 Å². The van der Waals surface area contributed by atoms with Crippen LogP contribution in [0.1, 0.15) is 34.5 Å². The molecule has 0 saturated carbocycles. The van der Waals surface area contributed by atoms with Crippen molar-refractivity contribution in [3.05, 3.63) is 81.6 Å². The monoisotopic (exact) mass is 576 g/mol. The normalized spacial score (nSPS) is 15.7. The van der Waals surface area contributed by atoms with Crippen molar-refractivity contribution >= 4 is 29.4 Å². The van der Waals surface area contributed by atoms with Gasteiger partial charge in [-0.2, -0.15) is 18.3 Å². The van der Waals surface area contributed by atoms with Crippen LogP contribution in [0.3, 0.4) is 0 Å². The summed E-state index contributed by atoms with van der Waals surface area (Å²) in [5.41, 5.74) is 9.49. The lowest BCUT2D eigenvalue weighted by molar-refractivity contribution is -0.204. The number of amidine groups is 1. The minimum atomic E-state index is -5.00. The first-order chi connectivity index (χ1) is 18.8. The van der Waals surface area contributed by atoms with E-state index >= 15 is 0 Å². The standard InChI is InChI=1S/C27H28ClF3N6O3/c1-15-3-2-4-19(11-15)37-22-12-17(25(33)39)7-10-20(22)21(35-37)13-34-26(40)36(14-23(38)27(29,30)31)24(32)16-5-8-18(28)9-6-16/h2-6,8-9,11,17,23,32,38H,7,10,12-14H2,1H3,(H2,33,39)(H,34,40)/t17?,23-/m0/s1. The lowest BCUT2D eigenvalue weighted by Gasteiger charge is -2.27. The highest BCUT2D eigenvalue weighted by Gasteiger charge is 2.41. The molecule has 9 nitrogen and oxygen atoms in total. The van der Waals surface area contributed by atoms with Crippen LogP contribution in [0.2, 0.25) is 5.02 Å². The number of aliphatic hydroxyl groups excluding tert-OH is 1. The van der Waals surface area contributed by atoms with Gasteiger partial charge in [0.2, 0.25) is 5.91 Å². The number of alkyl halides is 3. The van der Waals surface area contributed by atoms with Gasteiger partial charge < -0.3 is 16.2 Å². The molecule has 3 amide bonds. The average Bonchev–Trinajstić information content (AvgIpc) is 3.27. The number of aryl methyl sites for hydroxylation is 1. The number of primary amides is 1. The van der Waals surface area contributed by atoms with Crippen molar-refractivity contribution in [1.29, 1.82) is 5.41 Å². The Hall–Kier alpha value is -3.90. The highest BCUT2D eigenvalue weighted by atomic mass is 35.5. The molecule has 0 saturated heterocycles. The highest BCUT2D eigenvalue weighted by molar-refractivity contribution is 6.30. The Labute approximate surface area is 233 Å². The molecule has 3 aromatic rings. The molecular weight excluding hydrogens is 549 g/mol. The molecule has 2 aromatic carbocycles. The van der Waals surface area contributed by atoms with Gasteiger partial charge in [-0.25, -0.2) is 9.48 Å². The predicted molar refractivity (Wildman–Crippen MR) is 142 cm³/mol. The van der Waals surface area contributed by atoms with E-state index < -0.39 is 36.6 Å². The molecular formula is C27H28ClF3N6O3. The van der Waals surface area contributed by atoms with Crippen LogP contribution < -0.4 is 11.1 Å². The Morgan fingerprint density at radius 1 is 1.27 bits per heavy atom. The van der Waals surface area contributed by atoms with E-state index in [1.807, 2.05) is 31.2 Å². The zero-order valence-electron chi connectivity index (χ0n) is 21.5. The Balaban J connectivity index is 1.62. The van der Waals surface area contributed by atoms with E-state index in [-0.39, 0.29) is 18.0 Å². The number of aromatic nitrogens is 2. The van der Waals surface area contributed by atoms with Gasteiger partial charge in [0.15, 0.2) is 6.10 Å². The summed E-state index contributed by atoms with van der Waals surface area (Å²) in [5, 5.41) is 25.7. The van der Waals surface area contributed by atoms with Crippen molar-refractivity contribution in [2.75, 3.05) is 6.54 Å². The number of nitrogens with one attached hydrogen (secondary N) is 2. The van der Waals surface area contributed by atoms with Crippen LogP contribution in [0, 0.1) is 18.3 Å². The largest absolute Gasteiger partial charge is 0.416 e. The number of amides is 3. The molecule has 5 N–H and O–H groups in total. The molecule has 1 unspecified atom stereocenters. The summed E-state index contributed by atoms with van der Waals surface area (Å²) in [4.78, 5) is 25.6. The first-order valence-electron chi connectivity index (χ1n) is 12.5. The van der Waals surface area contributed by atoms with Crippen molar-refractivity contribution in [3.63, 3.8) is 0 Å². The van der Waals surface area contributed by atoms with E-state index in [9.17, 15) is 27.9 Å². The lowest BCUT2D eigenvalue weighted by Crippen LogP contribution is -2.50. The third-order valence-electron chi connectivity index (χ3n) is 6.78. The van der Waals surface area contributed by atoms with Gasteiger partial charge in [-0.1, -0.05) is 23.7 Å². The van der Waals surface area contributed by atoms with Crippen LogP contribution in [0.4, 0.5) is 18.0 Å². The number of carbonyl (C=O) groups excluding carboxylic acids is 2. The van der Waals surface area contributed by atoms with E-state index in [0.29, 0.717) is 34.9 Å². The second kappa shape index (κ2) is 11.7. The number of aliphatic hydroxyl groups is 1. The molecule has 0 spiro atoms. The third kappa shape index (κ3) is 6.45. The van der Waals surface area contributed by atoms with Gasteiger partial charge in [0, 0.05) is 28.6 Å². The Kier molecular flexibility index (Phi) is 8.50. The summed E-state index contributed by atoms with van der Waals surface area (Å²) in [6.07, 6.45) is -6.55. The maximum Gasteiger partial charge on any atom is 0.416 e. The second-order valence-corrected chi connectivity index (χ2v) is 10.1. The molecule has 13 heteroatoms. The number of hydrogen-bond acceptors (Lipinski definition) is 5. The summed E-state index contributed by atoms with van der Waals surface area (Å²) >= 11 is 5.87. The lowest BCUT2D eigenvalue weighted by atomic mass is 9.86. The fourth-order valence-corrected chi connectivity index (χ4v) is 4.74. The van der Waals surface area contributed by atoms with Crippen LogP contribution in [0.15, 0.2) is 48.5 Å². The third-order valence-corrected chi connectivity index (χ3v) is 7.03. The molecule has 1 heterocycles. The van der Waals surface area contributed by atoms with Crippen molar-refractivity contribution in [2.45, 2.75) is 45.0 Å². The molecule has 212 valence electrons. The Bertz CT molecular complexity index is 1420. The summed E-state index contributed by atoms with van der Waals surface area (Å²) < 4.78 is 41.2. The molecule has 0 fully saturated rings. The molecule has 1 aromatic heterocycles. The smallest absolute Gasteiger partial charge is 0.382 e. The number of nitrogens with zero attached hydrogens (tertiary/aromatic N) is 3. The van der Waals surface area contributed by atoms with E-state index in [0.717, 1.165) is 22.5 Å². The van der Waals surface area contributed by atoms with E-state index in [1.54, 1.807) is 4.68 Å². The SMILES string of the molecule is Cc1cccc(-n2nc(CNC(=O)N(C[C@H](O)C(F)(F)F)C(=N)c3ccc(Cl)cc3)c3c2CC(C(N)=O)CC3)c1. The van der Waals surface area contributed by atoms with E-state index in [1.165, 1.54) is 24.3 Å². The van der Waals surface area contributed by atoms with Gasteiger partial charge in [0.1, 0.15) is 5.84 Å².